The Kier molecular flexibility index (Phi) is 9.81. The van der Waals surface area contributed by atoms with Gasteiger partial charge in [0.15, 0.2) is 11.0 Å². The van der Waals surface area contributed by atoms with Crippen LogP contribution in [0.1, 0.15) is 39.8 Å². The number of aliphatic hydroxyl groups is 2. The van der Waals surface area contributed by atoms with Gasteiger partial charge in [-0.15, -0.1) is 0 Å². The minimum atomic E-state index is -4.22. The van der Waals surface area contributed by atoms with Gasteiger partial charge in [-0.05, 0) is 44.6 Å². The normalized spacial score (nSPS) is 25.8. The third kappa shape index (κ3) is 7.35. The molecule has 37 heavy (non-hydrogen) atoms. The molecule has 1 aliphatic heterocycles. The molecule has 1 aromatic carbocycles. The van der Waals surface area contributed by atoms with Crippen molar-refractivity contribution in [3.8, 4) is 5.75 Å². The van der Waals surface area contributed by atoms with Gasteiger partial charge in [0.1, 0.15) is 29.6 Å². The number of ether oxygens (including phenoxy) is 2. The van der Waals surface area contributed by atoms with Crippen molar-refractivity contribution in [1.82, 2.24) is 14.6 Å². The number of H-pyrrole nitrogens is 1. The molecular weight excluding hydrogens is 525 g/mol. The lowest BCUT2D eigenvalue weighted by Crippen LogP contribution is -2.45. The number of benzene rings is 1. The molecule has 1 fully saturated rings. The molecule has 4 N–H and O–H groups in total. The number of carbonyl (C=O) groups excluding carboxylic acids is 1. The number of esters is 1. The summed E-state index contributed by atoms with van der Waals surface area (Å²) in [5.74, 6) is -0.427. The lowest BCUT2D eigenvalue weighted by atomic mass is 9.96. The van der Waals surface area contributed by atoms with Crippen molar-refractivity contribution in [3.05, 3.63) is 57.7 Å². The van der Waals surface area contributed by atoms with Crippen LogP contribution in [-0.2, 0) is 23.4 Å². The van der Waals surface area contributed by atoms with Crippen molar-refractivity contribution < 1.29 is 38.1 Å². The van der Waals surface area contributed by atoms with Gasteiger partial charge in [-0.2, -0.15) is 5.09 Å². The first-order valence-corrected chi connectivity index (χ1v) is 13.7. The Labute approximate surface area is 219 Å². The average Bonchev–Trinajstić information content (AvgIpc) is 3.07. The molecule has 6 atom stereocenters. The van der Waals surface area contributed by atoms with E-state index in [0.717, 1.165) is 6.42 Å². The van der Waals surface area contributed by atoms with Crippen LogP contribution >= 0.6 is 20.0 Å². The highest BCUT2D eigenvalue weighted by molar-refractivity contribution is 7.71. The van der Waals surface area contributed by atoms with Gasteiger partial charge in [0.2, 0.25) is 0 Å². The van der Waals surface area contributed by atoms with Crippen LogP contribution in [0.3, 0.4) is 0 Å². The number of aromatic amines is 1. The fraction of sp³-hybridized carbons (Fsp3) is 0.522. The number of aromatic nitrogens is 2. The Morgan fingerprint density at radius 2 is 2.05 bits per heavy atom. The molecule has 2 heterocycles. The van der Waals surface area contributed by atoms with Crippen molar-refractivity contribution in [3.63, 3.8) is 0 Å². The maximum atomic E-state index is 13.7. The zero-order valence-electron chi connectivity index (χ0n) is 20.7. The second-order valence-electron chi connectivity index (χ2n) is 8.78. The second kappa shape index (κ2) is 12.4. The van der Waals surface area contributed by atoms with Crippen molar-refractivity contribution in [2.45, 2.75) is 63.7 Å². The molecule has 204 valence electrons. The second-order valence-corrected chi connectivity index (χ2v) is 10.9. The maximum Gasteiger partial charge on any atom is 0.459 e. The highest BCUT2D eigenvalue weighted by Gasteiger charge is 2.53. The van der Waals surface area contributed by atoms with Gasteiger partial charge in [0, 0.05) is 12.3 Å². The van der Waals surface area contributed by atoms with E-state index in [-0.39, 0.29) is 17.1 Å². The van der Waals surface area contributed by atoms with E-state index in [9.17, 15) is 24.4 Å². The van der Waals surface area contributed by atoms with E-state index in [4.69, 9.17) is 30.7 Å². The Morgan fingerprint density at radius 1 is 1.35 bits per heavy atom. The molecule has 1 saturated heterocycles. The first-order chi connectivity index (χ1) is 17.5. The number of para-hydroxylation sites is 1. The molecule has 1 aromatic heterocycles. The van der Waals surface area contributed by atoms with Gasteiger partial charge in [-0.1, -0.05) is 31.5 Å². The smallest absolute Gasteiger partial charge is 0.459 e. The van der Waals surface area contributed by atoms with Crippen LogP contribution in [0.25, 0.3) is 0 Å². The fourth-order valence-electron chi connectivity index (χ4n) is 3.60. The number of aliphatic hydroxyl groups excluding tert-OH is 1. The van der Waals surface area contributed by atoms with Gasteiger partial charge >= 0.3 is 13.7 Å². The zero-order valence-corrected chi connectivity index (χ0v) is 22.4. The lowest BCUT2D eigenvalue weighted by molar-refractivity contribution is -0.145. The van der Waals surface area contributed by atoms with Crippen LogP contribution in [-0.4, -0.2) is 62.8 Å². The van der Waals surface area contributed by atoms with Crippen LogP contribution in [0.5, 0.6) is 5.75 Å². The Bertz CT molecular complexity index is 1220. The summed E-state index contributed by atoms with van der Waals surface area (Å²) in [4.78, 5) is 26.3. The predicted octanol–water partition coefficient (Wildman–Crippen LogP) is 2.44. The minimum absolute atomic E-state index is 0.0262. The Morgan fingerprint density at radius 3 is 2.70 bits per heavy atom. The summed E-state index contributed by atoms with van der Waals surface area (Å²) in [6, 6.07) is 8.34. The highest BCUT2D eigenvalue weighted by Crippen LogP contribution is 2.47. The standard InChI is InChI=1S/C23H32N3O9PS/c1-4-5-13-32-20(29)15(2)25-36(31,35-16-9-7-6-8-10-16)33-14-17-19(28)23(3,30)21(34-17)26-12-11-18(27)24-22(26)37/h6-12,15,17,19,21,28,30H,4-5,13-14H2,1-3H3,(H,25,31)(H,24,27,37)/t15-,17+,19?,21+,23+,36?/m0/s1. The predicted molar refractivity (Wildman–Crippen MR) is 136 cm³/mol. The van der Waals surface area contributed by atoms with Gasteiger partial charge in [0.25, 0.3) is 5.56 Å². The molecule has 0 saturated carbocycles. The molecule has 3 rings (SSSR count). The average molecular weight is 558 g/mol. The number of carbonyl (C=O) groups is 1. The van der Waals surface area contributed by atoms with Crippen molar-refractivity contribution in [1.29, 1.82) is 0 Å². The molecule has 0 spiro atoms. The molecule has 0 aliphatic carbocycles. The van der Waals surface area contributed by atoms with Gasteiger partial charge < -0.3 is 24.2 Å². The molecule has 0 radical (unpaired) electrons. The van der Waals surface area contributed by atoms with Crippen LogP contribution in [0, 0.1) is 4.77 Å². The van der Waals surface area contributed by atoms with E-state index in [1.54, 1.807) is 30.3 Å². The lowest BCUT2D eigenvalue weighted by Gasteiger charge is -2.28. The number of rotatable bonds is 12. The monoisotopic (exact) mass is 557 g/mol. The number of hydrogen-bond donors (Lipinski definition) is 4. The summed E-state index contributed by atoms with van der Waals surface area (Å²) >= 11 is 5.15. The van der Waals surface area contributed by atoms with E-state index >= 15 is 0 Å². The third-order valence-corrected chi connectivity index (χ3v) is 7.64. The van der Waals surface area contributed by atoms with E-state index in [1.807, 2.05) is 6.92 Å². The van der Waals surface area contributed by atoms with Crippen LogP contribution < -0.4 is 15.2 Å². The zero-order chi connectivity index (χ0) is 27.2. The SMILES string of the molecule is CCCCOC(=O)[C@H](C)NP(=O)(OC[C@H]1O[C@@H](n2ccc(=O)[nH]c2=S)[C@](C)(O)C1O)Oc1ccccc1. The number of hydrogen-bond acceptors (Lipinski definition) is 10. The summed E-state index contributed by atoms with van der Waals surface area (Å²) in [6.07, 6.45) is -0.997. The summed E-state index contributed by atoms with van der Waals surface area (Å²) < 4.78 is 37.1. The number of nitrogens with zero attached hydrogens (tertiary/aromatic N) is 1. The molecule has 0 amide bonds. The van der Waals surface area contributed by atoms with Crippen molar-refractivity contribution in [2.24, 2.45) is 0 Å². The molecule has 2 unspecified atom stereocenters. The van der Waals surface area contributed by atoms with E-state index in [0.29, 0.717) is 6.42 Å². The molecule has 14 heteroatoms. The molecule has 12 nitrogen and oxygen atoms in total. The first-order valence-electron chi connectivity index (χ1n) is 11.8. The molecule has 2 aromatic rings. The summed E-state index contributed by atoms with van der Waals surface area (Å²) in [5.41, 5.74) is -2.29. The Balaban J connectivity index is 1.77. The van der Waals surface area contributed by atoms with E-state index in [2.05, 4.69) is 10.1 Å². The molecule has 0 bridgehead atoms. The van der Waals surface area contributed by atoms with Gasteiger partial charge in [-0.3, -0.25) is 23.7 Å². The van der Waals surface area contributed by atoms with Gasteiger partial charge in [0.05, 0.1) is 13.2 Å². The van der Waals surface area contributed by atoms with Gasteiger partial charge in [-0.25, -0.2) is 4.57 Å². The first kappa shape index (κ1) is 29.2. The number of unbranched alkanes of at least 4 members (excludes halogenated alkanes) is 1. The maximum absolute atomic E-state index is 13.7. The van der Waals surface area contributed by atoms with Crippen molar-refractivity contribution >= 4 is 25.9 Å². The number of nitrogens with one attached hydrogen (secondary N) is 2. The minimum Gasteiger partial charge on any atom is -0.465 e. The van der Waals surface area contributed by atoms with E-state index < -0.39 is 56.0 Å². The van der Waals surface area contributed by atoms with Crippen LogP contribution in [0.4, 0.5) is 0 Å². The third-order valence-electron chi connectivity index (χ3n) is 5.68. The molecular formula is C23H32N3O9PS. The summed E-state index contributed by atoms with van der Waals surface area (Å²) in [6.45, 7) is 4.48. The quantitative estimate of drug-likeness (QED) is 0.131. The van der Waals surface area contributed by atoms with Crippen LogP contribution in [0.15, 0.2) is 47.4 Å². The largest absolute Gasteiger partial charge is 0.465 e. The topological polar surface area (TPSA) is 161 Å². The van der Waals surface area contributed by atoms with E-state index in [1.165, 1.54) is 30.7 Å². The Hall–Kier alpha value is -2.38. The summed E-state index contributed by atoms with van der Waals surface area (Å²) in [7, 11) is -4.22. The van der Waals surface area contributed by atoms with Crippen molar-refractivity contribution in [2.75, 3.05) is 13.2 Å². The molecule has 1 aliphatic rings. The fourth-order valence-corrected chi connectivity index (χ4v) is 5.36. The summed E-state index contributed by atoms with van der Waals surface area (Å²) in [5, 5.41) is 24.3. The van der Waals surface area contributed by atoms with Crippen LogP contribution in [0.2, 0.25) is 0 Å². The highest BCUT2D eigenvalue weighted by atomic mass is 32.1.